The highest BCUT2D eigenvalue weighted by molar-refractivity contribution is 7.59. The second-order valence-electron chi connectivity index (χ2n) is 5.50. The maximum Gasteiger partial charge on any atom is 0.331 e. The molecule has 118 valence electrons. The van der Waals surface area contributed by atoms with Gasteiger partial charge in [-0.15, -0.1) is 0 Å². The third kappa shape index (κ3) is 8.55. The van der Waals surface area contributed by atoms with Crippen molar-refractivity contribution in [2.45, 2.75) is 53.4 Å². The van der Waals surface area contributed by atoms with E-state index in [4.69, 9.17) is 4.52 Å². The van der Waals surface area contributed by atoms with Gasteiger partial charge in [0, 0.05) is 11.7 Å². The van der Waals surface area contributed by atoms with Crippen LogP contribution in [-0.4, -0.2) is 30.0 Å². The maximum absolute atomic E-state index is 12.7. The first-order chi connectivity index (χ1) is 9.34. The minimum atomic E-state index is -2.89. The highest BCUT2D eigenvalue weighted by Crippen LogP contribution is 2.50. The highest BCUT2D eigenvalue weighted by atomic mass is 31.2. The minimum Gasteiger partial charge on any atom is -0.478 e. The topological polar surface area (TPSA) is 63.6 Å². The second-order valence-corrected chi connectivity index (χ2v) is 8.07. The van der Waals surface area contributed by atoms with Crippen LogP contribution in [0.5, 0.6) is 0 Å². The molecule has 1 N–H and O–H groups in total. The lowest BCUT2D eigenvalue weighted by Gasteiger charge is -2.20. The third-order valence-electron chi connectivity index (χ3n) is 2.89. The van der Waals surface area contributed by atoms with Crippen LogP contribution >= 0.6 is 7.37 Å². The molecule has 0 rings (SSSR count). The molecule has 0 saturated carbocycles. The average molecular weight is 304 g/mol. The molecule has 0 spiro atoms. The normalized spacial score (nSPS) is 15.3. The largest absolute Gasteiger partial charge is 0.478 e. The van der Waals surface area contributed by atoms with E-state index in [0.717, 1.165) is 25.7 Å². The summed E-state index contributed by atoms with van der Waals surface area (Å²) in [5.74, 6) is -0.757. The van der Waals surface area contributed by atoms with E-state index in [2.05, 4.69) is 6.92 Å². The molecule has 1 atom stereocenters. The number of carboxylic acid groups (broad SMARTS) is 1. The van der Waals surface area contributed by atoms with Gasteiger partial charge in [-0.2, -0.15) is 0 Å². The average Bonchev–Trinajstić information content (AvgIpc) is 2.32. The van der Waals surface area contributed by atoms with Gasteiger partial charge < -0.3 is 9.63 Å². The molecule has 0 aliphatic rings. The van der Waals surface area contributed by atoms with Crippen LogP contribution in [0.15, 0.2) is 11.6 Å². The van der Waals surface area contributed by atoms with Crippen molar-refractivity contribution < 1.29 is 19.0 Å². The van der Waals surface area contributed by atoms with Crippen molar-refractivity contribution in [3.63, 3.8) is 0 Å². The minimum absolute atomic E-state index is 0.0421. The number of rotatable bonds is 11. The summed E-state index contributed by atoms with van der Waals surface area (Å²) in [5.41, 5.74) is 0.235. The van der Waals surface area contributed by atoms with Crippen LogP contribution in [0.3, 0.4) is 0 Å². The van der Waals surface area contributed by atoms with Crippen LogP contribution in [0.25, 0.3) is 0 Å². The lowest BCUT2D eigenvalue weighted by molar-refractivity contribution is -0.132. The fourth-order valence-corrected chi connectivity index (χ4v) is 4.80. The summed E-state index contributed by atoms with van der Waals surface area (Å²) < 4.78 is 18.1. The molecular formula is C15H29O4P. The van der Waals surface area contributed by atoms with Crippen molar-refractivity contribution in [1.29, 1.82) is 0 Å². The number of hydrogen-bond acceptors (Lipinski definition) is 3. The Balaban J connectivity index is 4.82. The lowest BCUT2D eigenvalue weighted by atomic mass is 10.1. The van der Waals surface area contributed by atoms with E-state index in [1.807, 2.05) is 13.8 Å². The lowest BCUT2D eigenvalue weighted by Crippen LogP contribution is -2.11. The summed E-state index contributed by atoms with van der Waals surface area (Å²) in [5, 5.41) is 9.25. The zero-order chi connectivity index (χ0) is 15.6. The van der Waals surface area contributed by atoms with E-state index in [0.29, 0.717) is 12.8 Å². The molecule has 1 unspecified atom stereocenters. The Kier molecular flexibility index (Phi) is 9.87. The van der Waals surface area contributed by atoms with Gasteiger partial charge in [0.15, 0.2) is 0 Å². The number of aliphatic carboxylic acids is 1. The van der Waals surface area contributed by atoms with Crippen LogP contribution in [0.1, 0.15) is 53.4 Å². The van der Waals surface area contributed by atoms with Crippen LogP contribution in [0, 0.1) is 5.92 Å². The summed E-state index contributed by atoms with van der Waals surface area (Å²) in [7, 11) is -2.89. The van der Waals surface area contributed by atoms with Crippen molar-refractivity contribution in [3.05, 3.63) is 11.6 Å². The SMILES string of the molecule is CCCCC/C=C(/CP(=O)(CC(C)C)OCC)C(=O)O. The van der Waals surface area contributed by atoms with Crippen molar-refractivity contribution in [3.8, 4) is 0 Å². The second kappa shape index (κ2) is 10.2. The standard InChI is InChI=1S/C15H29O4P/c1-5-7-8-9-10-14(15(16)17)12-20(18,19-6-2)11-13(3)4/h10,13H,5-9,11-12H2,1-4H3,(H,16,17)/b14-10-. The molecule has 0 aliphatic carbocycles. The Labute approximate surface area is 123 Å². The van der Waals surface area contributed by atoms with Crippen molar-refractivity contribution in [1.82, 2.24) is 0 Å². The van der Waals surface area contributed by atoms with Crippen LogP contribution in [0.2, 0.25) is 0 Å². The predicted octanol–water partition coefficient (Wildman–Crippen LogP) is 4.55. The molecule has 0 aromatic carbocycles. The van der Waals surface area contributed by atoms with Gasteiger partial charge in [-0.05, 0) is 25.7 Å². The van der Waals surface area contributed by atoms with Gasteiger partial charge in [0.25, 0.3) is 0 Å². The summed E-state index contributed by atoms with van der Waals surface area (Å²) in [6.07, 6.45) is 6.06. The molecule has 0 radical (unpaired) electrons. The molecule has 0 bridgehead atoms. The number of carbonyl (C=O) groups is 1. The van der Waals surface area contributed by atoms with Gasteiger partial charge in [-0.1, -0.05) is 39.7 Å². The zero-order valence-electron chi connectivity index (χ0n) is 13.2. The van der Waals surface area contributed by atoms with Crippen molar-refractivity contribution in [2.75, 3.05) is 18.9 Å². The van der Waals surface area contributed by atoms with E-state index >= 15 is 0 Å². The molecule has 0 amide bonds. The van der Waals surface area contributed by atoms with E-state index < -0.39 is 13.3 Å². The highest BCUT2D eigenvalue weighted by Gasteiger charge is 2.27. The van der Waals surface area contributed by atoms with Crippen molar-refractivity contribution >= 4 is 13.3 Å². The van der Waals surface area contributed by atoms with Crippen LogP contribution in [0.4, 0.5) is 0 Å². The molecule has 0 saturated heterocycles. The molecular weight excluding hydrogens is 275 g/mol. The Bertz CT molecular complexity index is 361. The smallest absolute Gasteiger partial charge is 0.331 e. The van der Waals surface area contributed by atoms with Crippen LogP contribution < -0.4 is 0 Å². The van der Waals surface area contributed by atoms with Crippen LogP contribution in [-0.2, 0) is 13.9 Å². The Morgan fingerprint density at radius 2 is 1.95 bits per heavy atom. The monoisotopic (exact) mass is 304 g/mol. The fourth-order valence-electron chi connectivity index (χ4n) is 2.10. The first kappa shape index (κ1) is 19.4. The number of allylic oxidation sites excluding steroid dienone is 1. The zero-order valence-corrected chi connectivity index (χ0v) is 14.1. The van der Waals surface area contributed by atoms with E-state index in [9.17, 15) is 14.5 Å². The molecule has 5 heteroatoms. The van der Waals surface area contributed by atoms with Gasteiger partial charge in [0.05, 0.1) is 12.8 Å². The van der Waals surface area contributed by atoms with Gasteiger partial charge in [0.2, 0.25) is 7.37 Å². The summed E-state index contributed by atoms with van der Waals surface area (Å²) in [4.78, 5) is 11.3. The first-order valence-corrected chi connectivity index (χ1v) is 9.49. The first-order valence-electron chi connectivity index (χ1n) is 7.49. The van der Waals surface area contributed by atoms with Gasteiger partial charge >= 0.3 is 5.97 Å². The molecule has 20 heavy (non-hydrogen) atoms. The Hall–Kier alpha value is -0.600. The molecule has 0 heterocycles. The molecule has 4 nitrogen and oxygen atoms in total. The van der Waals surface area contributed by atoms with Gasteiger partial charge in [-0.3, -0.25) is 4.57 Å². The van der Waals surface area contributed by atoms with E-state index in [1.54, 1.807) is 13.0 Å². The summed E-state index contributed by atoms with van der Waals surface area (Å²) in [6.45, 7) is 8.19. The number of hydrogen-bond donors (Lipinski definition) is 1. The number of carboxylic acids is 1. The molecule has 0 aromatic rings. The quantitative estimate of drug-likeness (QED) is 0.345. The maximum atomic E-state index is 12.7. The van der Waals surface area contributed by atoms with Gasteiger partial charge in [0.1, 0.15) is 0 Å². The van der Waals surface area contributed by atoms with E-state index in [1.165, 1.54) is 0 Å². The fraction of sp³-hybridized carbons (Fsp3) is 0.800. The Morgan fingerprint density at radius 1 is 1.30 bits per heavy atom. The van der Waals surface area contributed by atoms with Crippen molar-refractivity contribution in [2.24, 2.45) is 5.92 Å². The summed E-state index contributed by atoms with van der Waals surface area (Å²) in [6, 6.07) is 0. The molecule has 0 aliphatic heterocycles. The van der Waals surface area contributed by atoms with E-state index in [-0.39, 0.29) is 17.7 Å². The summed E-state index contributed by atoms with van der Waals surface area (Å²) >= 11 is 0. The van der Waals surface area contributed by atoms with Gasteiger partial charge in [-0.25, -0.2) is 4.79 Å². The molecule has 0 fully saturated rings. The predicted molar refractivity (Wildman–Crippen MR) is 83.7 cm³/mol. The Morgan fingerprint density at radius 3 is 2.40 bits per heavy atom. The molecule has 0 aromatic heterocycles. The number of unbranched alkanes of at least 4 members (excludes halogenated alkanes) is 3. The third-order valence-corrected chi connectivity index (χ3v) is 5.73.